The fourth-order valence-corrected chi connectivity index (χ4v) is 9.37. The Morgan fingerprint density at radius 1 is 1.17 bits per heavy atom. The SMILES string of the molecule is C[C@@H]1O[C@@H]2CO[Si](C)(C)O[Si](C)(C)O[C@@H]2C1(C)O. The lowest BCUT2D eigenvalue weighted by Gasteiger charge is -2.41. The molecule has 0 spiro atoms. The van der Waals surface area contributed by atoms with Crippen molar-refractivity contribution in [1.82, 2.24) is 0 Å². The highest BCUT2D eigenvalue weighted by molar-refractivity contribution is 6.78. The Hall–Kier alpha value is 0.234. The van der Waals surface area contributed by atoms with Gasteiger partial charge in [0.05, 0.1) is 12.7 Å². The molecule has 0 aliphatic carbocycles. The van der Waals surface area contributed by atoms with Gasteiger partial charge in [-0.05, 0) is 40.0 Å². The standard InChI is InChI=1S/C11H24O5Si2/c1-8-11(2,12)10-9(14-8)7-13-17(3,4)16-18(5,6)15-10/h8-10,12H,7H2,1-6H3/t8-,9+,10-,11?/m0/s1. The molecule has 106 valence electrons. The third kappa shape index (κ3) is 2.72. The first kappa shape index (κ1) is 14.6. The minimum atomic E-state index is -2.32. The Bertz CT molecular complexity index is 331. The molecule has 2 saturated heterocycles. The van der Waals surface area contributed by atoms with Gasteiger partial charge in [0.1, 0.15) is 17.8 Å². The average molecular weight is 292 g/mol. The molecule has 7 heteroatoms. The Kier molecular flexibility index (Phi) is 3.55. The first-order chi connectivity index (χ1) is 8.04. The smallest absolute Gasteiger partial charge is 0.323 e. The molecule has 18 heavy (non-hydrogen) atoms. The van der Waals surface area contributed by atoms with E-state index in [0.717, 1.165) is 0 Å². The zero-order valence-electron chi connectivity index (χ0n) is 12.0. The van der Waals surface area contributed by atoms with Crippen LogP contribution in [-0.2, 0) is 17.7 Å². The summed E-state index contributed by atoms with van der Waals surface area (Å²) in [5.74, 6) is 0. The third-order valence-corrected chi connectivity index (χ3v) is 9.23. The van der Waals surface area contributed by atoms with Crippen LogP contribution in [0.2, 0.25) is 26.2 Å². The Morgan fingerprint density at radius 3 is 2.39 bits per heavy atom. The maximum Gasteiger partial charge on any atom is 0.323 e. The van der Waals surface area contributed by atoms with Gasteiger partial charge < -0.3 is 22.8 Å². The molecule has 0 saturated carbocycles. The van der Waals surface area contributed by atoms with Crippen LogP contribution in [0.1, 0.15) is 13.8 Å². The minimum Gasteiger partial charge on any atom is -0.415 e. The van der Waals surface area contributed by atoms with Gasteiger partial charge in [-0.3, -0.25) is 0 Å². The van der Waals surface area contributed by atoms with Crippen LogP contribution in [0, 0.1) is 0 Å². The molecule has 0 bridgehead atoms. The van der Waals surface area contributed by atoms with Gasteiger partial charge in [0.15, 0.2) is 0 Å². The van der Waals surface area contributed by atoms with Gasteiger partial charge in [0, 0.05) is 0 Å². The number of aliphatic hydroxyl groups is 1. The number of hydrogen-bond acceptors (Lipinski definition) is 5. The van der Waals surface area contributed by atoms with E-state index in [9.17, 15) is 5.11 Å². The average Bonchev–Trinajstić information content (AvgIpc) is 2.35. The second kappa shape index (κ2) is 4.37. The fourth-order valence-electron chi connectivity index (χ4n) is 2.63. The quantitative estimate of drug-likeness (QED) is 0.683. The summed E-state index contributed by atoms with van der Waals surface area (Å²) in [4.78, 5) is 0. The van der Waals surface area contributed by atoms with Gasteiger partial charge in [-0.25, -0.2) is 0 Å². The van der Waals surface area contributed by atoms with Crippen molar-refractivity contribution in [2.24, 2.45) is 0 Å². The van der Waals surface area contributed by atoms with Gasteiger partial charge in [-0.1, -0.05) is 0 Å². The van der Waals surface area contributed by atoms with E-state index in [2.05, 4.69) is 0 Å². The molecule has 0 aromatic rings. The van der Waals surface area contributed by atoms with E-state index in [4.69, 9.17) is 17.7 Å². The highest BCUT2D eigenvalue weighted by Gasteiger charge is 2.56. The van der Waals surface area contributed by atoms with Crippen molar-refractivity contribution in [3.63, 3.8) is 0 Å². The molecule has 0 aromatic heterocycles. The zero-order valence-corrected chi connectivity index (χ0v) is 14.0. The van der Waals surface area contributed by atoms with Crippen molar-refractivity contribution < 1.29 is 22.8 Å². The first-order valence-corrected chi connectivity index (χ1v) is 12.1. The lowest BCUT2D eigenvalue weighted by atomic mass is 9.94. The molecule has 2 fully saturated rings. The second-order valence-electron chi connectivity index (χ2n) is 6.29. The molecule has 0 aromatic carbocycles. The Balaban J connectivity index is 2.25. The lowest BCUT2D eigenvalue weighted by Crippen LogP contribution is -2.59. The van der Waals surface area contributed by atoms with Crippen molar-refractivity contribution in [3.05, 3.63) is 0 Å². The van der Waals surface area contributed by atoms with Gasteiger partial charge >= 0.3 is 17.1 Å². The maximum atomic E-state index is 10.5. The van der Waals surface area contributed by atoms with Crippen molar-refractivity contribution >= 4 is 17.1 Å². The van der Waals surface area contributed by atoms with Crippen molar-refractivity contribution in [3.8, 4) is 0 Å². The van der Waals surface area contributed by atoms with Crippen LogP contribution in [-0.4, -0.2) is 52.7 Å². The summed E-state index contributed by atoms with van der Waals surface area (Å²) in [6.07, 6.45) is -0.847. The zero-order chi connectivity index (χ0) is 13.8. The van der Waals surface area contributed by atoms with Crippen LogP contribution in [0.25, 0.3) is 0 Å². The van der Waals surface area contributed by atoms with Crippen molar-refractivity contribution in [1.29, 1.82) is 0 Å². The number of ether oxygens (including phenoxy) is 1. The van der Waals surface area contributed by atoms with E-state index in [1.807, 2.05) is 33.1 Å². The highest BCUT2D eigenvalue weighted by Crippen LogP contribution is 2.37. The van der Waals surface area contributed by atoms with Gasteiger partial charge in [0.25, 0.3) is 0 Å². The summed E-state index contributed by atoms with van der Waals surface area (Å²) in [5, 5.41) is 10.5. The molecule has 2 aliphatic rings. The van der Waals surface area contributed by atoms with Crippen LogP contribution in [0.15, 0.2) is 0 Å². The molecule has 2 heterocycles. The van der Waals surface area contributed by atoms with E-state index in [1.54, 1.807) is 6.92 Å². The van der Waals surface area contributed by atoms with E-state index >= 15 is 0 Å². The monoisotopic (exact) mass is 292 g/mol. The van der Waals surface area contributed by atoms with Crippen LogP contribution < -0.4 is 0 Å². The molecule has 0 radical (unpaired) electrons. The largest absolute Gasteiger partial charge is 0.415 e. The summed E-state index contributed by atoms with van der Waals surface area (Å²) in [5.41, 5.74) is -0.995. The normalized spacial score (nSPS) is 47.2. The number of hydrogen-bond donors (Lipinski definition) is 1. The Labute approximate surface area is 111 Å². The molecule has 4 atom stereocenters. The molecule has 5 nitrogen and oxygen atoms in total. The molecule has 2 rings (SSSR count). The minimum absolute atomic E-state index is 0.211. The van der Waals surface area contributed by atoms with Gasteiger partial charge in [-0.2, -0.15) is 0 Å². The second-order valence-corrected chi connectivity index (χ2v) is 13.2. The Morgan fingerprint density at radius 2 is 1.78 bits per heavy atom. The summed E-state index contributed by atoms with van der Waals surface area (Å²) in [7, 11) is -4.48. The van der Waals surface area contributed by atoms with Crippen LogP contribution in [0.5, 0.6) is 0 Å². The molecule has 1 N–H and O–H groups in total. The molecular weight excluding hydrogens is 268 g/mol. The van der Waals surface area contributed by atoms with Crippen LogP contribution in [0.4, 0.5) is 0 Å². The summed E-state index contributed by atoms with van der Waals surface area (Å²) >= 11 is 0. The number of fused-ring (bicyclic) bond motifs is 1. The van der Waals surface area contributed by atoms with Crippen molar-refractivity contribution in [2.75, 3.05) is 6.61 Å². The van der Waals surface area contributed by atoms with E-state index in [1.165, 1.54) is 0 Å². The lowest BCUT2D eigenvalue weighted by molar-refractivity contribution is -0.0585. The van der Waals surface area contributed by atoms with Gasteiger partial charge in [0.2, 0.25) is 0 Å². The summed E-state index contributed by atoms with van der Waals surface area (Å²) in [6.45, 7) is 12.1. The first-order valence-electron chi connectivity index (χ1n) is 6.43. The predicted molar refractivity (Wildman–Crippen MR) is 71.8 cm³/mol. The number of rotatable bonds is 0. The third-order valence-electron chi connectivity index (χ3n) is 3.61. The predicted octanol–water partition coefficient (Wildman–Crippen LogP) is 1.36. The summed E-state index contributed by atoms with van der Waals surface area (Å²) in [6, 6.07) is 0. The topological polar surface area (TPSA) is 57.2 Å². The fraction of sp³-hybridized carbons (Fsp3) is 1.00. The maximum absolute atomic E-state index is 10.5. The van der Waals surface area contributed by atoms with Crippen LogP contribution in [0.3, 0.4) is 0 Å². The summed E-state index contributed by atoms with van der Waals surface area (Å²) < 4.78 is 23.9. The molecular formula is C11H24O5Si2. The van der Waals surface area contributed by atoms with Crippen LogP contribution >= 0.6 is 0 Å². The van der Waals surface area contributed by atoms with E-state index < -0.39 is 22.7 Å². The van der Waals surface area contributed by atoms with Crippen molar-refractivity contribution in [2.45, 2.75) is 63.9 Å². The highest BCUT2D eigenvalue weighted by atomic mass is 28.5. The molecule has 2 aliphatic heterocycles. The van der Waals surface area contributed by atoms with E-state index in [0.29, 0.717) is 6.61 Å². The molecule has 0 amide bonds. The van der Waals surface area contributed by atoms with Gasteiger partial charge in [-0.15, -0.1) is 0 Å². The van der Waals surface area contributed by atoms with E-state index in [-0.39, 0.29) is 18.3 Å². The molecule has 1 unspecified atom stereocenters.